The Hall–Kier alpha value is -2.41. The van der Waals surface area contributed by atoms with E-state index in [0.29, 0.717) is 35.7 Å². The Balaban J connectivity index is 2.77. The van der Waals surface area contributed by atoms with Crippen molar-refractivity contribution < 1.29 is 24.1 Å². The van der Waals surface area contributed by atoms with Crippen LogP contribution < -0.4 is 14.2 Å². The lowest BCUT2D eigenvalue weighted by atomic mass is 10.2. The average molecular weight is 322 g/mol. The van der Waals surface area contributed by atoms with Crippen LogP contribution in [0.4, 0.5) is 0 Å². The highest BCUT2D eigenvalue weighted by Gasteiger charge is 2.25. The predicted octanol–water partition coefficient (Wildman–Crippen LogP) is 1.93. The molecule has 0 saturated carbocycles. The molecule has 0 unspecified atom stereocenters. The van der Waals surface area contributed by atoms with Gasteiger partial charge in [0.25, 0.3) is 0 Å². The number of carboxylic acid groups (broad SMARTS) is 1. The number of likely N-dealkylation sites (N-methyl/N-ethyl adjacent to an activating group) is 1. The second-order valence-corrected chi connectivity index (χ2v) is 5.37. The molecular formula is C16H22N2O5. The first-order valence-corrected chi connectivity index (χ1v) is 7.14. The molecule has 7 nitrogen and oxygen atoms in total. The van der Waals surface area contributed by atoms with Gasteiger partial charge in [0.2, 0.25) is 0 Å². The second-order valence-electron chi connectivity index (χ2n) is 5.37. The van der Waals surface area contributed by atoms with Crippen LogP contribution in [0.25, 0.3) is 10.9 Å². The van der Waals surface area contributed by atoms with Gasteiger partial charge in [0.05, 0.1) is 26.8 Å². The minimum absolute atomic E-state index is 0.125. The van der Waals surface area contributed by atoms with E-state index in [1.165, 1.54) is 14.2 Å². The molecule has 0 fully saturated rings. The Bertz CT molecular complexity index is 721. The summed E-state index contributed by atoms with van der Waals surface area (Å²) in [6.45, 7) is 1.21. The fraction of sp³-hybridized carbons (Fsp3) is 0.438. The van der Waals surface area contributed by atoms with Crippen molar-refractivity contribution in [2.75, 3.05) is 42.0 Å². The van der Waals surface area contributed by atoms with Gasteiger partial charge >= 0.3 is 5.97 Å². The van der Waals surface area contributed by atoms with E-state index >= 15 is 0 Å². The number of nitrogens with zero attached hydrogens (tertiary/aromatic N) is 2. The summed E-state index contributed by atoms with van der Waals surface area (Å²) in [6, 6.07) is 3.52. The number of carboxylic acids is 1. The monoisotopic (exact) mass is 322 g/mol. The van der Waals surface area contributed by atoms with E-state index in [4.69, 9.17) is 14.2 Å². The van der Waals surface area contributed by atoms with Gasteiger partial charge in [0.1, 0.15) is 0 Å². The zero-order valence-corrected chi connectivity index (χ0v) is 14.0. The average Bonchev–Trinajstić information content (AvgIpc) is 2.83. The maximum atomic E-state index is 11.7. The third kappa shape index (κ3) is 3.05. The van der Waals surface area contributed by atoms with Crippen LogP contribution in [-0.2, 0) is 6.54 Å². The lowest BCUT2D eigenvalue weighted by Gasteiger charge is -2.13. The first kappa shape index (κ1) is 17.0. The molecule has 0 radical (unpaired) electrons. The van der Waals surface area contributed by atoms with E-state index in [2.05, 4.69) is 0 Å². The summed E-state index contributed by atoms with van der Waals surface area (Å²) in [5.74, 6) is 0.366. The van der Waals surface area contributed by atoms with Gasteiger partial charge < -0.3 is 28.8 Å². The summed E-state index contributed by atoms with van der Waals surface area (Å²) in [5.41, 5.74) is 0.860. The number of hydrogen-bond acceptors (Lipinski definition) is 5. The zero-order valence-electron chi connectivity index (χ0n) is 14.0. The molecule has 1 heterocycles. The molecule has 0 bridgehead atoms. The molecule has 0 atom stereocenters. The number of aromatic carboxylic acids is 1. The fourth-order valence-electron chi connectivity index (χ4n) is 2.60. The molecule has 2 aromatic rings. The fourth-order valence-corrected chi connectivity index (χ4v) is 2.60. The summed E-state index contributed by atoms with van der Waals surface area (Å²) in [7, 11) is 8.43. The molecule has 2 rings (SSSR count). The highest BCUT2D eigenvalue weighted by molar-refractivity contribution is 6.02. The van der Waals surface area contributed by atoms with Crippen LogP contribution in [0.3, 0.4) is 0 Å². The maximum Gasteiger partial charge on any atom is 0.356 e. The molecule has 23 heavy (non-hydrogen) atoms. The molecule has 0 spiro atoms. The van der Waals surface area contributed by atoms with Gasteiger partial charge in [-0.2, -0.15) is 0 Å². The van der Waals surface area contributed by atoms with Crippen molar-refractivity contribution >= 4 is 16.9 Å². The molecule has 1 aromatic heterocycles. The van der Waals surface area contributed by atoms with E-state index in [1.807, 2.05) is 19.0 Å². The number of hydrogen-bond donors (Lipinski definition) is 1. The number of fused-ring (bicyclic) bond motifs is 1. The summed E-state index contributed by atoms with van der Waals surface area (Å²) < 4.78 is 17.7. The minimum atomic E-state index is -1.03. The van der Waals surface area contributed by atoms with Gasteiger partial charge in [0.15, 0.2) is 22.9 Å². The van der Waals surface area contributed by atoms with Crippen molar-refractivity contribution in [1.29, 1.82) is 0 Å². The van der Waals surface area contributed by atoms with Gasteiger partial charge in [-0.05, 0) is 20.2 Å². The van der Waals surface area contributed by atoms with E-state index in [-0.39, 0.29) is 5.69 Å². The molecule has 0 aliphatic carbocycles. The van der Waals surface area contributed by atoms with Crippen LogP contribution in [0.15, 0.2) is 12.1 Å². The Morgan fingerprint density at radius 1 is 1.13 bits per heavy atom. The van der Waals surface area contributed by atoms with E-state index in [9.17, 15) is 9.90 Å². The third-order valence-electron chi connectivity index (χ3n) is 3.70. The van der Waals surface area contributed by atoms with Crippen LogP contribution in [0.1, 0.15) is 10.5 Å². The van der Waals surface area contributed by atoms with Crippen LogP contribution >= 0.6 is 0 Å². The maximum absolute atomic E-state index is 11.7. The highest BCUT2D eigenvalue weighted by Crippen LogP contribution is 2.40. The van der Waals surface area contributed by atoms with Crippen LogP contribution in [0.5, 0.6) is 17.2 Å². The Morgan fingerprint density at radius 2 is 1.74 bits per heavy atom. The first-order chi connectivity index (χ1) is 10.9. The Labute approximate surface area is 135 Å². The molecule has 126 valence electrons. The van der Waals surface area contributed by atoms with Gasteiger partial charge in [-0.1, -0.05) is 0 Å². The largest absolute Gasteiger partial charge is 0.494 e. The second kappa shape index (κ2) is 6.78. The Kier molecular flexibility index (Phi) is 5.00. The van der Waals surface area contributed by atoms with Crippen molar-refractivity contribution in [3.8, 4) is 17.2 Å². The molecule has 0 saturated heterocycles. The molecular weight excluding hydrogens is 300 g/mol. The summed E-state index contributed by atoms with van der Waals surface area (Å²) in [4.78, 5) is 13.7. The lowest BCUT2D eigenvalue weighted by molar-refractivity contribution is 0.0681. The summed E-state index contributed by atoms with van der Waals surface area (Å²) in [6.07, 6.45) is 0. The summed E-state index contributed by atoms with van der Waals surface area (Å²) in [5, 5.41) is 10.3. The Morgan fingerprint density at radius 3 is 2.22 bits per heavy atom. The topological polar surface area (TPSA) is 73.2 Å². The van der Waals surface area contributed by atoms with Gasteiger partial charge in [-0.3, -0.25) is 0 Å². The summed E-state index contributed by atoms with van der Waals surface area (Å²) >= 11 is 0. The van der Waals surface area contributed by atoms with E-state index in [1.54, 1.807) is 23.8 Å². The van der Waals surface area contributed by atoms with Crippen LogP contribution in [-0.4, -0.2) is 62.5 Å². The van der Waals surface area contributed by atoms with Crippen molar-refractivity contribution in [3.63, 3.8) is 0 Å². The van der Waals surface area contributed by atoms with Gasteiger partial charge in [-0.25, -0.2) is 4.79 Å². The van der Waals surface area contributed by atoms with E-state index < -0.39 is 5.97 Å². The molecule has 0 amide bonds. The van der Waals surface area contributed by atoms with Crippen LogP contribution in [0, 0.1) is 0 Å². The standard InChI is InChI=1S/C16H22N2O5/c1-17(2)6-7-18-11-9-13(22-4)12(21-3)8-10(11)15(23-5)14(18)16(19)20/h8-9H,6-7H2,1-5H3,(H,19,20). The smallest absolute Gasteiger partial charge is 0.356 e. The van der Waals surface area contributed by atoms with Crippen LogP contribution in [0.2, 0.25) is 0 Å². The minimum Gasteiger partial charge on any atom is -0.494 e. The number of ether oxygens (including phenoxy) is 3. The third-order valence-corrected chi connectivity index (χ3v) is 3.70. The predicted molar refractivity (Wildman–Crippen MR) is 87.1 cm³/mol. The zero-order chi connectivity index (χ0) is 17.1. The molecule has 0 aliphatic heterocycles. The quantitative estimate of drug-likeness (QED) is 0.840. The highest BCUT2D eigenvalue weighted by atomic mass is 16.5. The molecule has 7 heteroatoms. The van der Waals surface area contributed by atoms with E-state index in [0.717, 1.165) is 5.52 Å². The molecule has 1 N–H and O–H groups in total. The number of aromatic nitrogens is 1. The van der Waals surface area contributed by atoms with Gasteiger partial charge in [0, 0.05) is 24.5 Å². The number of benzene rings is 1. The number of rotatable bonds is 7. The normalized spacial score (nSPS) is 11.0. The molecule has 1 aromatic carbocycles. The van der Waals surface area contributed by atoms with Crippen molar-refractivity contribution in [1.82, 2.24) is 9.47 Å². The number of methoxy groups -OCH3 is 3. The first-order valence-electron chi connectivity index (χ1n) is 7.14. The molecule has 0 aliphatic rings. The van der Waals surface area contributed by atoms with Crippen molar-refractivity contribution in [3.05, 3.63) is 17.8 Å². The van der Waals surface area contributed by atoms with Crippen molar-refractivity contribution in [2.45, 2.75) is 6.54 Å². The SMILES string of the molecule is COc1cc2c(OC)c(C(=O)O)n(CCN(C)C)c2cc1OC. The van der Waals surface area contributed by atoms with Crippen molar-refractivity contribution in [2.24, 2.45) is 0 Å². The van der Waals surface area contributed by atoms with Gasteiger partial charge in [-0.15, -0.1) is 0 Å². The lowest BCUT2D eigenvalue weighted by Crippen LogP contribution is -2.20. The number of carbonyl (C=O) groups is 1.